The molecule has 2 atom stereocenters. The second-order valence-electron chi connectivity index (χ2n) is 4.50. The summed E-state index contributed by atoms with van der Waals surface area (Å²) in [7, 11) is 0. The highest BCUT2D eigenvalue weighted by Crippen LogP contribution is 2.11. The molecule has 6 nitrogen and oxygen atoms in total. The van der Waals surface area contributed by atoms with E-state index in [1.165, 1.54) is 0 Å². The minimum absolute atomic E-state index is 0.0552. The summed E-state index contributed by atoms with van der Waals surface area (Å²) in [6.07, 6.45) is 4.97. The van der Waals surface area contributed by atoms with Gasteiger partial charge in [-0.25, -0.2) is 9.67 Å². The van der Waals surface area contributed by atoms with Gasteiger partial charge in [-0.3, -0.25) is 4.79 Å². The number of hydrogen-bond acceptors (Lipinski definition) is 4. The van der Waals surface area contributed by atoms with Crippen molar-refractivity contribution in [3.8, 4) is 0 Å². The molecule has 0 bridgehead atoms. The van der Waals surface area contributed by atoms with E-state index >= 15 is 0 Å². The van der Waals surface area contributed by atoms with Gasteiger partial charge in [0, 0.05) is 12.5 Å². The molecule has 0 aromatic carbocycles. The van der Waals surface area contributed by atoms with Crippen LogP contribution in [-0.4, -0.2) is 32.8 Å². The lowest BCUT2D eigenvalue weighted by atomic mass is 10.1. The average molecular weight is 237 g/mol. The van der Waals surface area contributed by atoms with Crippen molar-refractivity contribution in [3.05, 3.63) is 12.2 Å². The normalized spacial score (nSPS) is 20.7. The van der Waals surface area contributed by atoms with Crippen molar-refractivity contribution >= 4 is 5.91 Å². The number of aryl methyl sites for hydroxylation is 1. The largest absolute Gasteiger partial charge is 0.350 e. The summed E-state index contributed by atoms with van der Waals surface area (Å²) in [4.78, 5) is 15.9. The molecule has 1 aromatic heterocycles. The van der Waals surface area contributed by atoms with Crippen LogP contribution in [0.1, 0.15) is 32.0 Å². The standard InChI is InChI=1S/C11H19N5O/c1-2-3-9(12)11(17)15-8-4-5-10-13-7-14-16(10)6-8/h7-9H,2-6,12H2,1H3,(H,15,17). The lowest BCUT2D eigenvalue weighted by molar-refractivity contribution is -0.123. The van der Waals surface area contributed by atoms with Crippen molar-refractivity contribution in [1.82, 2.24) is 20.1 Å². The van der Waals surface area contributed by atoms with Crippen molar-refractivity contribution in [2.24, 2.45) is 5.73 Å². The van der Waals surface area contributed by atoms with E-state index in [1.807, 2.05) is 11.6 Å². The maximum absolute atomic E-state index is 11.8. The van der Waals surface area contributed by atoms with E-state index in [9.17, 15) is 4.79 Å². The number of nitrogens with zero attached hydrogens (tertiary/aromatic N) is 3. The number of nitrogens with two attached hydrogens (primary N) is 1. The van der Waals surface area contributed by atoms with Gasteiger partial charge in [-0.2, -0.15) is 5.10 Å². The Morgan fingerprint density at radius 3 is 3.35 bits per heavy atom. The predicted octanol–water partition coefficient (Wildman–Crippen LogP) is -0.163. The Bertz CT molecular complexity index is 389. The molecule has 0 aliphatic carbocycles. The molecule has 2 heterocycles. The van der Waals surface area contributed by atoms with Gasteiger partial charge in [0.05, 0.1) is 12.6 Å². The molecule has 3 N–H and O–H groups in total. The molecule has 2 rings (SSSR count). The highest BCUT2D eigenvalue weighted by atomic mass is 16.2. The number of carbonyl (C=O) groups is 1. The molecular formula is C11H19N5O. The lowest BCUT2D eigenvalue weighted by Gasteiger charge is -2.24. The van der Waals surface area contributed by atoms with Crippen LogP contribution < -0.4 is 11.1 Å². The highest BCUT2D eigenvalue weighted by Gasteiger charge is 2.23. The number of rotatable bonds is 4. The van der Waals surface area contributed by atoms with Gasteiger partial charge in [-0.15, -0.1) is 0 Å². The Kier molecular flexibility index (Phi) is 3.73. The van der Waals surface area contributed by atoms with Crippen LogP contribution in [0.25, 0.3) is 0 Å². The van der Waals surface area contributed by atoms with Crippen LogP contribution in [0.3, 0.4) is 0 Å². The number of amides is 1. The predicted molar refractivity (Wildman–Crippen MR) is 63.2 cm³/mol. The fraction of sp³-hybridized carbons (Fsp3) is 0.727. The van der Waals surface area contributed by atoms with E-state index in [0.717, 1.165) is 31.5 Å². The molecule has 1 aliphatic heterocycles. The summed E-state index contributed by atoms with van der Waals surface area (Å²) in [6.45, 7) is 2.72. The molecule has 1 aliphatic rings. The first kappa shape index (κ1) is 12.0. The topological polar surface area (TPSA) is 85.8 Å². The molecule has 6 heteroatoms. The molecule has 17 heavy (non-hydrogen) atoms. The Labute approximate surface area is 101 Å². The molecule has 0 spiro atoms. The molecule has 0 fully saturated rings. The fourth-order valence-corrected chi connectivity index (χ4v) is 2.11. The number of carbonyl (C=O) groups excluding carboxylic acids is 1. The second kappa shape index (κ2) is 5.27. The van der Waals surface area contributed by atoms with E-state index in [4.69, 9.17) is 5.73 Å². The van der Waals surface area contributed by atoms with Gasteiger partial charge in [0.2, 0.25) is 5.91 Å². The van der Waals surface area contributed by atoms with Gasteiger partial charge in [0.25, 0.3) is 0 Å². The van der Waals surface area contributed by atoms with E-state index in [0.29, 0.717) is 6.54 Å². The Morgan fingerprint density at radius 1 is 1.76 bits per heavy atom. The zero-order valence-electron chi connectivity index (χ0n) is 10.1. The molecule has 0 saturated heterocycles. The first-order valence-electron chi connectivity index (χ1n) is 6.13. The number of fused-ring (bicyclic) bond motifs is 1. The molecule has 1 aromatic rings. The molecule has 1 amide bonds. The summed E-state index contributed by atoms with van der Waals surface area (Å²) in [5.41, 5.74) is 5.77. The van der Waals surface area contributed by atoms with Crippen LogP contribution >= 0.6 is 0 Å². The SMILES string of the molecule is CCCC(N)C(=O)NC1CCc2ncnn2C1. The van der Waals surface area contributed by atoms with Crippen LogP contribution in [0.4, 0.5) is 0 Å². The minimum Gasteiger partial charge on any atom is -0.350 e. The van der Waals surface area contributed by atoms with Crippen LogP contribution in [0.15, 0.2) is 6.33 Å². The number of nitrogens with one attached hydrogen (secondary N) is 1. The third kappa shape index (κ3) is 2.82. The van der Waals surface area contributed by atoms with E-state index in [2.05, 4.69) is 15.4 Å². The van der Waals surface area contributed by atoms with Crippen LogP contribution in [-0.2, 0) is 17.8 Å². The van der Waals surface area contributed by atoms with Gasteiger partial charge >= 0.3 is 0 Å². The zero-order valence-corrected chi connectivity index (χ0v) is 10.1. The first-order chi connectivity index (χ1) is 8.20. The summed E-state index contributed by atoms with van der Waals surface area (Å²) in [5, 5.41) is 7.10. The maximum Gasteiger partial charge on any atom is 0.237 e. The summed E-state index contributed by atoms with van der Waals surface area (Å²) >= 11 is 0. The van der Waals surface area contributed by atoms with Crippen LogP contribution in [0, 0.1) is 0 Å². The van der Waals surface area contributed by atoms with Gasteiger partial charge in [-0.1, -0.05) is 13.3 Å². The van der Waals surface area contributed by atoms with Crippen LogP contribution in [0.2, 0.25) is 0 Å². The first-order valence-corrected chi connectivity index (χ1v) is 6.13. The summed E-state index contributed by atoms with van der Waals surface area (Å²) in [5.74, 6) is 0.939. The van der Waals surface area contributed by atoms with Crippen LogP contribution in [0.5, 0.6) is 0 Å². The molecule has 2 unspecified atom stereocenters. The van der Waals surface area contributed by atoms with E-state index in [-0.39, 0.29) is 11.9 Å². The van der Waals surface area contributed by atoms with Crippen molar-refractivity contribution in [1.29, 1.82) is 0 Å². The number of aromatic nitrogens is 3. The molecule has 94 valence electrons. The summed E-state index contributed by atoms with van der Waals surface area (Å²) < 4.78 is 1.85. The zero-order chi connectivity index (χ0) is 12.3. The monoisotopic (exact) mass is 237 g/mol. The average Bonchev–Trinajstić information content (AvgIpc) is 2.76. The fourth-order valence-electron chi connectivity index (χ4n) is 2.11. The molecule has 0 saturated carbocycles. The second-order valence-corrected chi connectivity index (χ2v) is 4.50. The minimum atomic E-state index is -0.392. The smallest absolute Gasteiger partial charge is 0.237 e. The van der Waals surface area contributed by atoms with Gasteiger partial charge in [0.15, 0.2) is 0 Å². The van der Waals surface area contributed by atoms with Gasteiger partial charge in [0.1, 0.15) is 12.2 Å². The summed E-state index contributed by atoms with van der Waals surface area (Å²) in [6, 6.07) is -0.267. The third-order valence-electron chi connectivity index (χ3n) is 3.09. The quantitative estimate of drug-likeness (QED) is 0.761. The van der Waals surface area contributed by atoms with E-state index in [1.54, 1.807) is 6.33 Å². The van der Waals surface area contributed by atoms with Gasteiger partial charge < -0.3 is 11.1 Å². The van der Waals surface area contributed by atoms with Crippen molar-refractivity contribution in [3.63, 3.8) is 0 Å². The lowest BCUT2D eigenvalue weighted by Crippen LogP contribution is -2.48. The van der Waals surface area contributed by atoms with Gasteiger partial charge in [-0.05, 0) is 12.8 Å². The van der Waals surface area contributed by atoms with Crippen molar-refractivity contribution in [2.45, 2.75) is 51.2 Å². The molecule has 0 radical (unpaired) electrons. The maximum atomic E-state index is 11.8. The van der Waals surface area contributed by atoms with Crippen molar-refractivity contribution in [2.75, 3.05) is 0 Å². The van der Waals surface area contributed by atoms with Crippen molar-refractivity contribution < 1.29 is 4.79 Å². The van der Waals surface area contributed by atoms with E-state index < -0.39 is 6.04 Å². The Balaban J connectivity index is 1.87. The Hall–Kier alpha value is -1.43. The number of hydrogen-bond donors (Lipinski definition) is 2. The highest BCUT2D eigenvalue weighted by molar-refractivity contribution is 5.81. The Morgan fingerprint density at radius 2 is 2.59 bits per heavy atom. The third-order valence-corrected chi connectivity index (χ3v) is 3.09. The molecular weight excluding hydrogens is 218 g/mol.